The number of nitrogens with one attached hydrogen (secondary N) is 1. The molecule has 1 saturated heterocycles. The third-order valence-corrected chi connectivity index (χ3v) is 4.96. The number of morpholine rings is 1. The minimum Gasteiger partial charge on any atom is -0.382 e. The molecule has 2 aliphatic rings. The van der Waals surface area contributed by atoms with E-state index in [9.17, 15) is 9.90 Å². The number of hydrogen-bond donors (Lipinski definition) is 2. The van der Waals surface area contributed by atoms with Gasteiger partial charge in [-0.25, -0.2) is 19.9 Å². The highest BCUT2D eigenvalue weighted by molar-refractivity contribution is 6.00. The van der Waals surface area contributed by atoms with Crippen molar-refractivity contribution >= 4 is 17.5 Å². The standard InChI is InChI=1S/C19H25N7O3/c1-19(2,28)18-22-9-13(10-23-18)14-11-20-16-17(24-14)26(15(27)12-21-16)4-3-25-5-7-29-8-6-25/h9-11,28H,3-8,12H2,1-2H3,(H,20,21). The van der Waals surface area contributed by atoms with Gasteiger partial charge in [0, 0.05) is 44.1 Å². The molecule has 1 amide bonds. The first-order chi connectivity index (χ1) is 13.9. The molecular weight excluding hydrogens is 374 g/mol. The molecule has 0 atom stereocenters. The molecule has 2 aromatic rings. The fraction of sp³-hybridized carbons (Fsp3) is 0.526. The van der Waals surface area contributed by atoms with Crippen molar-refractivity contribution in [1.29, 1.82) is 0 Å². The van der Waals surface area contributed by atoms with E-state index in [2.05, 4.69) is 30.2 Å². The van der Waals surface area contributed by atoms with Crippen LogP contribution in [0.25, 0.3) is 11.3 Å². The summed E-state index contributed by atoms with van der Waals surface area (Å²) in [7, 11) is 0. The molecule has 2 N–H and O–H groups in total. The smallest absolute Gasteiger partial charge is 0.247 e. The second-order valence-corrected chi connectivity index (χ2v) is 7.63. The van der Waals surface area contributed by atoms with Gasteiger partial charge in [0.05, 0.1) is 31.6 Å². The lowest BCUT2D eigenvalue weighted by molar-refractivity contribution is -0.117. The molecule has 10 nitrogen and oxygen atoms in total. The molecule has 4 rings (SSSR count). The molecule has 0 unspecified atom stereocenters. The van der Waals surface area contributed by atoms with Crippen LogP contribution in [0.1, 0.15) is 19.7 Å². The third kappa shape index (κ3) is 4.34. The number of amides is 1. The van der Waals surface area contributed by atoms with Crippen LogP contribution in [-0.2, 0) is 15.1 Å². The molecule has 0 spiro atoms. The number of aromatic nitrogens is 4. The summed E-state index contributed by atoms with van der Waals surface area (Å²) in [6.07, 6.45) is 4.84. The minimum absolute atomic E-state index is 0.0363. The van der Waals surface area contributed by atoms with Crippen LogP contribution in [0.15, 0.2) is 18.6 Å². The molecule has 10 heteroatoms. The van der Waals surface area contributed by atoms with Crippen LogP contribution in [0.3, 0.4) is 0 Å². The Kier molecular flexibility index (Phi) is 5.39. The van der Waals surface area contributed by atoms with Crippen LogP contribution in [0.2, 0.25) is 0 Å². The molecule has 154 valence electrons. The molecule has 0 aromatic carbocycles. The van der Waals surface area contributed by atoms with Crippen molar-refractivity contribution in [2.45, 2.75) is 19.4 Å². The number of fused-ring (bicyclic) bond motifs is 1. The summed E-state index contributed by atoms with van der Waals surface area (Å²) in [6, 6.07) is 0. The average molecular weight is 399 g/mol. The van der Waals surface area contributed by atoms with E-state index in [4.69, 9.17) is 4.74 Å². The Labute approximate surface area is 169 Å². The number of aliphatic hydroxyl groups is 1. The van der Waals surface area contributed by atoms with E-state index in [1.165, 1.54) is 0 Å². The van der Waals surface area contributed by atoms with Gasteiger partial charge < -0.3 is 15.2 Å². The zero-order valence-corrected chi connectivity index (χ0v) is 16.6. The van der Waals surface area contributed by atoms with Crippen LogP contribution < -0.4 is 10.2 Å². The molecule has 0 saturated carbocycles. The van der Waals surface area contributed by atoms with Crippen LogP contribution in [0.5, 0.6) is 0 Å². The monoisotopic (exact) mass is 399 g/mol. The fourth-order valence-electron chi connectivity index (χ4n) is 3.28. The highest BCUT2D eigenvalue weighted by Gasteiger charge is 2.28. The lowest BCUT2D eigenvalue weighted by Crippen LogP contribution is -2.47. The first kappa shape index (κ1) is 19.6. The molecule has 2 aliphatic heterocycles. The van der Waals surface area contributed by atoms with E-state index in [0.717, 1.165) is 32.8 Å². The molecular formula is C19H25N7O3. The second-order valence-electron chi connectivity index (χ2n) is 7.63. The summed E-state index contributed by atoms with van der Waals surface area (Å²) in [6.45, 7) is 7.92. The number of anilines is 2. The second kappa shape index (κ2) is 7.97. The van der Waals surface area contributed by atoms with Gasteiger partial charge in [0.15, 0.2) is 17.5 Å². The maximum atomic E-state index is 12.5. The summed E-state index contributed by atoms with van der Waals surface area (Å²) in [4.78, 5) is 34.1. The molecule has 29 heavy (non-hydrogen) atoms. The van der Waals surface area contributed by atoms with Gasteiger partial charge in [0.2, 0.25) is 5.91 Å². The van der Waals surface area contributed by atoms with Crippen LogP contribution in [0, 0.1) is 0 Å². The van der Waals surface area contributed by atoms with E-state index in [0.29, 0.717) is 35.3 Å². The molecule has 0 bridgehead atoms. The van der Waals surface area contributed by atoms with Gasteiger partial charge in [-0.15, -0.1) is 0 Å². The topological polar surface area (TPSA) is 117 Å². The number of carbonyl (C=O) groups excluding carboxylic acids is 1. The number of nitrogens with zero attached hydrogens (tertiary/aromatic N) is 6. The Morgan fingerprint density at radius 3 is 2.55 bits per heavy atom. The summed E-state index contributed by atoms with van der Waals surface area (Å²) < 4.78 is 5.38. The van der Waals surface area contributed by atoms with Crippen molar-refractivity contribution in [1.82, 2.24) is 24.8 Å². The van der Waals surface area contributed by atoms with E-state index >= 15 is 0 Å². The van der Waals surface area contributed by atoms with Gasteiger partial charge >= 0.3 is 0 Å². The van der Waals surface area contributed by atoms with Crippen LogP contribution in [0.4, 0.5) is 11.6 Å². The van der Waals surface area contributed by atoms with Crippen molar-refractivity contribution in [3.05, 3.63) is 24.4 Å². The molecule has 0 aliphatic carbocycles. The van der Waals surface area contributed by atoms with Gasteiger partial charge in [-0.3, -0.25) is 14.6 Å². The Bertz CT molecular complexity index is 876. The SMILES string of the molecule is CC(C)(O)c1ncc(-c2cnc3c(n2)N(CCN2CCOCC2)C(=O)CN3)cn1. The van der Waals surface area contributed by atoms with E-state index in [1.54, 1.807) is 37.3 Å². The van der Waals surface area contributed by atoms with E-state index < -0.39 is 5.60 Å². The first-order valence-electron chi connectivity index (χ1n) is 9.68. The largest absolute Gasteiger partial charge is 0.382 e. The van der Waals surface area contributed by atoms with Crippen molar-refractivity contribution in [3.8, 4) is 11.3 Å². The average Bonchev–Trinajstić information content (AvgIpc) is 2.73. The number of hydrogen-bond acceptors (Lipinski definition) is 9. The lowest BCUT2D eigenvalue weighted by atomic mass is 10.1. The van der Waals surface area contributed by atoms with Crippen LogP contribution >= 0.6 is 0 Å². The van der Waals surface area contributed by atoms with Gasteiger partial charge in [0.1, 0.15) is 5.60 Å². The van der Waals surface area contributed by atoms with Gasteiger partial charge in [-0.1, -0.05) is 0 Å². The zero-order chi connectivity index (χ0) is 20.4. The molecule has 1 fully saturated rings. The Balaban J connectivity index is 1.56. The highest BCUT2D eigenvalue weighted by atomic mass is 16.5. The maximum absolute atomic E-state index is 12.5. The van der Waals surface area contributed by atoms with Crippen molar-refractivity contribution in [2.24, 2.45) is 0 Å². The summed E-state index contributed by atoms with van der Waals surface area (Å²) >= 11 is 0. The van der Waals surface area contributed by atoms with Gasteiger partial charge in [-0.2, -0.15) is 0 Å². The van der Waals surface area contributed by atoms with Crippen LogP contribution in [-0.4, -0.2) is 81.8 Å². The summed E-state index contributed by atoms with van der Waals surface area (Å²) in [5.74, 6) is 1.39. The predicted molar refractivity (Wildman–Crippen MR) is 106 cm³/mol. The predicted octanol–water partition coefficient (Wildman–Crippen LogP) is 0.252. The quantitative estimate of drug-likeness (QED) is 0.730. The Morgan fingerprint density at radius 1 is 1.14 bits per heavy atom. The maximum Gasteiger partial charge on any atom is 0.247 e. The van der Waals surface area contributed by atoms with Gasteiger partial charge in [0.25, 0.3) is 0 Å². The normalized spacial score (nSPS) is 17.8. The van der Waals surface area contributed by atoms with E-state index in [-0.39, 0.29) is 12.5 Å². The summed E-state index contributed by atoms with van der Waals surface area (Å²) in [5, 5.41) is 13.0. The number of ether oxygens (including phenoxy) is 1. The highest BCUT2D eigenvalue weighted by Crippen LogP contribution is 2.28. The number of rotatable bonds is 5. The third-order valence-electron chi connectivity index (χ3n) is 4.96. The minimum atomic E-state index is -1.12. The van der Waals surface area contributed by atoms with Crippen molar-refractivity contribution < 1.29 is 14.6 Å². The molecule has 0 radical (unpaired) electrons. The summed E-state index contributed by atoms with van der Waals surface area (Å²) in [5.41, 5.74) is 0.116. The molecule has 2 aromatic heterocycles. The number of carbonyl (C=O) groups is 1. The van der Waals surface area contributed by atoms with Crippen molar-refractivity contribution in [2.75, 3.05) is 56.2 Å². The van der Waals surface area contributed by atoms with Gasteiger partial charge in [-0.05, 0) is 13.8 Å². The Hall–Kier alpha value is -2.69. The molecule has 4 heterocycles. The lowest BCUT2D eigenvalue weighted by Gasteiger charge is -2.32. The zero-order valence-electron chi connectivity index (χ0n) is 16.6. The fourth-order valence-corrected chi connectivity index (χ4v) is 3.28. The van der Waals surface area contributed by atoms with E-state index in [1.807, 2.05) is 0 Å². The first-order valence-corrected chi connectivity index (χ1v) is 9.68. The Morgan fingerprint density at radius 2 is 1.86 bits per heavy atom. The van der Waals surface area contributed by atoms with Crippen molar-refractivity contribution in [3.63, 3.8) is 0 Å².